The lowest BCUT2D eigenvalue weighted by Crippen LogP contribution is -2.50. The largest absolute Gasteiger partial charge is 0.495 e. The van der Waals surface area contributed by atoms with Gasteiger partial charge in [-0.25, -0.2) is 23.1 Å². The first-order chi connectivity index (χ1) is 16.9. The molecule has 1 atom stereocenters. The Kier molecular flexibility index (Phi) is 5.94. The number of fused-ring (bicyclic) bond motifs is 1. The van der Waals surface area contributed by atoms with Crippen LogP contribution in [0.2, 0.25) is 0 Å². The van der Waals surface area contributed by atoms with Crippen LogP contribution in [0.1, 0.15) is 12.5 Å². The molecule has 180 valence electrons. The maximum absolute atomic E-state index is 15.5. The lowest BCUT2D eigenvalue weighted by atomic mass is 10.1. The summed E-state index contributed by atoms with van der Waals surface area (Å²) in [6.07, 6.45) is 0. The van der Waals surface area contributed by atoms with Gasteiger partial charge in [-0.05, 0) is 43.7 Å². The fraction of sp³-hybridized carbons (Fsp3) is 0.269. The van der Waals surface area contributed by atoms with Crippen molar-refractivity contribution >= 4 is 16.9 Å². The number of aromatic nitrogens is 3. The van der Waals surface area contributed by atoms with Crippen molar-refractivity contribution in [1.82, 2.24) is 19.9 Å². The van der Waals surface area contributed by atoms with E-state index in [2.05, 4.69) is 15.3 Å². The molecule has 4 aromatic rings. The van der Waals surface area contributed by atoms with E-state index in [1.54, 1.807) is 12.1 Å². The van der Waals surface area contributed by atoms with Crippen molar-refractivity contribution in [3.05, 3.63) is 76.2 Å². The summed E-state index contributed by atoms with van der Waals surface area (Å²) in [6, 6.07) is 12.5. The maximum Gasteiger partial charge on any atom is 0.355 e. The standard InChI is InChI=1S/C26H25F2N5O2/c1-15-7-6-10-21(35-3)23(15)33-25-18(24(31-26(33)34)32-12-11-29-14-16(32)2)13-20(28)22(30-25)17-8-4-5-9-19(17)27/h4-10,13,16,29H,11-12,14H2,1-3H3/t16-/m0/s1. The molecule has 3 heterocycles. The van der Waals surface area contributed by atoms with Gasteiger partial charge in [-0.15, -0.1) is 0 Å². The number of pyridine rings is 1. The molecule has 1 aliphatic rings. The Morgan fingerprint density at radius 2 is 1.89 bits per heavy atom. The first kappa shape index (κ1) is 22.9. The second-order valence-corrected chi connectivity index (χ2v) is 8.60. The lowest BCUT2D eigenvalue weighted by Gasteiger charge is -2.35. The van der Waals surface area contributed by atoms with Gasteiger partial charge in [0.15, 0.2) is 5.65 Å². The minimum absolute atomic E-state index is 0.0107. The molecule has 1 N–H and O–H groups in total. The molecule has 9 heteroatoms. The second-order valence-electron chi connectivity index (χ2n) is 8.60. The third-order valence-electron chi connectivity index (χ3n) is 6.35. The first-order valence-corrected chi connectivity index (χ1v) is 11.4. The van der Waals surface area contributed by atoms with Gasteiger partial charge in [-0.1, -0.05) is 24.3 Å². The fourth-order valence-electron chi connectivity index (χ4n) is 4.61. The molecular formula is C26H25F2N5O2. The molecule has 0 spiro atoms. The van der Waals surface area contributed by atoms with Gasteiger partial charge in [0.25, 0.3) is 0 Å². The van der Waals surface area contributed by atoms with E-state index >= 15 is 4.39 Å². The Bertz CT molecular complexity index is 1490. The van der Waals surface area contributed by atoms with Crippen LogP contribution in [0, 0.1) is 18.6 Å². The molecule has 0 radical (unpaired) electrons. The molecule has 5 rings (SSSR count). The Labute approximate surface area is 201 Å². The van der Waals surface area contributed by atoms with Crippen LogP contribution in [-0.4, -0.2) is 47.3 Å². The number of halogens is 2. The summed E-state index contributed by atoms with van der Waals surface area (Å²) in [5.41, 5.74) is 0.633. The summed E-state index contributed by atoms with van der Waals surface area (Å²) in [6.45, 7) is 5.83. The van der Waals surface area contributed by atoms with Crippen LogP contribution in [-0.2, 0) is 0 Å². The zero-order chi connectivity index (χ0) is 24.7. The number of methoxy groups -OCH3 is 1. The number of nitrogens with zero attached hydrogens (tertiary/aromatic N) is 4. The van der Waals surface area contributed by atoms with Gasteiger partial charge in [0.05, 0.1) is 18.2 Å². The van der Waals surface area contributed by atoms with E-state index in [9.17, 15) is 9.18 Å². The third-order valence-corrected chi connectivity index (χ3v) is 6.35. The zero-order valence-electron chi connectivity index (χ0n) is 19.7. The maximum atomic E-state index is 15.5. The molecule has 35 heavy (non-hydrogen) atoms. The smallest absolute Gasteiger partial charge is 0.355 e. The van der Waals surface area contributed by atoms with Gasteiger partial charge >= 0.3 is 5.69 Å². The topological polar surface area (TPSA) is 72.3 Å². The number of benzene rings is 2. The van der Waals surface area contributed by atoms with E-state index in [4.69, 9.17) is 4.74 Å². The van der Waals surface area contributed by atoms with Crippen molar-refractivity contribution in [3.8, 4) is 22.7 Å². The number of hydrogen-bond donors (Lipinski definition) is 1. The number of para-hydroxylation sites is 1. The minimum atomic E-state index is -0.699. The van der Waals surface area contributed by atoms with E-state index in [0.717, 1.165) is 5.56 Å². The number of piperazine rings is 1. The van der Waals surface area contributed by atoms with Crippen LogP contribution >= 0.6 is 0 Å². The summed E-state index contributed by atoms with van der Waals surface area (Å²) in [5.74, 6) is -0.507. The second kappa shape index (κ2) is 9.07. The molecule has 0 aliphatic carbocycles. The van der Waals surface area contributed by atoms with E-state index in [-0.39, 0.29) is 22.9 Å². The van der Waals surface area contributed by atoms with Gasteiger partial charge in [0.2, 0.25) is 0 Å². The monoisotopic (exact) mass is 477 g/mol. The highest BCUT2D eigenvalue weighted by Crippen LogP contribution is 2.34. The molecule has 2 aromatic carbocycles. The summed E-state index contributed by atoms with van der Waals surface area (Å²) < 4.78 is 37.0. The third kappa shape index (κ3) is 3.91. The molecule has 0 amide bonds. The van der Waals surface area contributed by atoms with E-state index in [0.29, 0.717) is 42.3 Å². The predicted octanol–water partition coefficient (Wildman–Crippen LogP) is 3.84. The van der Waals surface area contributed by atoms with Crippen molar-refractivity contribution in [3.63, 3.8) is 0 Å². The summed E-state index contributed by atoms with van der Waals surface area (Å²) in [4.78, 5) is 24.5. The molecule has 1 saturated heterocycles. The first-order valence-electron chi connectivity index (χ1n) is 11.4. The van der Waals surface area contributed by atoms with Crippen molar-refractivity contribution in [2.24, 2.45) is 0 Å². The van der Waals surface area contributed by atoms with Crippen LogP contribution in [0.4, 0.5) is 14.6 Å². The Balaban J connectivity index is 1.90. The number of aryl methyl sites for hydroxylation is 1. The van der Waals surface area contributed by atoms with Crippen LogP contribution in [0.15, 0.2) is 53.3 Å². The van der Waals surface area contributed by atoms with Crippen molar-refractivity contribution in [1.29, 1.82) is 0 Å². The van der Waals surface area contributed by atoms with Gasteiger partial charge in [-0.3, -0.25) is 0 Å². The quantitative estimate of drug-likeness (QED) is 0.482. The average Bonchev–Trinajstić information content (AvgIpc) is 2.85. The SMILES string of the molecule is COc1cccc(C)c1-n1c(=O)nc(N2CCNC[C@@H]2C)c2cc(F)c(-c3ccccc3F)nc21. The minimum Gasteiger partial charge on any atom is -0.495 e. The molecular weight excluding hydrogens is 452 g/mol. The highest BCUT2D eigenvalue weighted by molar-refractivity contribution is 5.90. The van der Waals surface area contributed by atoms with Gasteiger partial charge in [-0.2, -0.15) is 4.98 Å². The number of hydrogen-bond acceptors (Lipinski definition) is 6. The van der Waals surface area contributed by atoms with Crippen molar-refractivity contribution in [2.75, 3.05) is 31.6 Å². The number of rotatable bonds is 4. The molecule has 0 bridgehead atoms. The summed E-state index contributed by atoms with van der Waals surface area (Å²) in [7, 11) is 1.51. The van der Waals surface area contributed by atoms with Crippen LogP contribution in [0.3, 0.4) is 0 Å². The predicted molar refractivity (Wildman–Crippen MR) is 131 cm³/mol. The molecule has 7 nitrogen and oxygen atoms in total. The molecule has 1 aliphatic heterocycles. The molecule has 1 fully saturated rings. The molecule has 0 saturated carbocycles. The number of ether oxygens (including phenoxy) is 1. The van der Waals surface area contributed by atoms with E-state index < -0.39 is 17.3 Å². The van der Waals surface area contributed by atoms with Crippen LogP contribution in [0.25, 0.3) is 28.0 Å². The highest BCUT2D eigenvalue weighted by Gasteiger charge is 2.27. The van der Waals surface area contributed by atoms with E-state index in [1.165, 1.54) is 35.9 Å². The number of nitrogens with one attached hydrogen (secondary N) is 1. The van der Waals surface area contributed by atoms with Gasteiger partial charge in [0, 0.05) is 31.2 Å². The lowest BCUT2D eigenvalue weighted by molar-refractivity contribution is 0.412. The highest BCUT2D eigenvalue weighted by atomic mass is 19.1. The van der Waals surface area contributed by atoms with Crippen molar-refractivity contribution < 1.29 is 13.5 Å². The summed E-state index contributed by atoms with van der Waals surface area (Å²) >= 11 is 0. The van der Waals surface area contributed by atoms with E-state index in [1.807, 2.05) is 30.9 Å². The van der Waals surface area contributed by atoms with Gasteiger partial charge in [0.1, 0.15) is 28.9 Å². The summed E-state index contributed by atoms with van der Waals surface area (Å²) in [5, 5.41) is 3.67. The molecule has 0 unspecified atom stereocenters. The Hall–Kier alpha value is -3.85. The fourth-order valence-corrected chi connectivity index (χ4v) is 4.61. The average molecular weight is 478 g/mol. The zero-order valence-corrected chi connectivity index (χ0v) is 19.7. The Morgan fingerprint density at radius 3 is 2.63 bits per heavy atom. The van der Waals surface area contributed by atoms with Gasteiger partial charge < -0.3 is 15.0 Å². The van der Waals surface area contributed by atoms with Crippen molar-refractivity contribution in [2.45, 2.75) is 19.9 Å². The Morgan fingerprint density at radius 1 is 1.09 bits per heavy atom. The molecule has 2 aromatic heterocycles. The number of anilines is 1. The van der Waals surface area contributed by atoms with Crippen LogP contribution < -0.4 is 20.6 Å². The van der Waals surface area contributed by atoms with Crippen LogP contribution in [0.5, 0.6) is 5.75 Å². The normalized spacial score (nSPS) is 16.0.